The van der Waals surface area contributed by atoms with Gasteiger partial charge in [-0.25, -0.2) is 13.2 Å². The molecule has 1 aromatic carbocycles. The number of alkyl halides is 2. The van der Waals surface area contributed by atoms with Crippen LogP contribution in [0.4, 0.5) is 18.9 Å². The molecule has 0 radical (unpaired) electrons. The summed E-state index contributed by atoms with van der Waals surface area (Å²) in [5, 5.41) is 10.1. The molecule has 1 heterocycles. The zero-order valence-electron chi connectivity index (χ0n) is 15.6. The minimum Gasteiger partial charge on any atom is -0.319 e. The molecule has 0 unspecified atom stereocenters. The zero-order valence-corrected chi connectivity index (χ0v) is 15.6. The summed E-state index contributed by atoms with van der Waals surface area (Å²) < 4.78 is 42.3. The van der Waals surface area contributed by atoms with Crippen molar-refractivity contribution in [1.82, 2.24) is 15.1 Å². The number of carbonyl (C=O) groups is 1. The van der Waals surface area contributed by atoms with Crippen LogP contribution in [0.5, 0.6) is 0 Å². The summed E-state index contributed by atoms with van der Waals surface area (Å²) in [4.78, 5) is 12.4. The van der Waals surface area contributed by atoms with E-state index in [4.69, 9.17) is 0 Å². The van der Waals surface area contributed by atoms with Gasteiger partial charge >= 0.3 is 0 Å². The van der Waals surface area contributed by atoms with Gasteiger partial charge in [0.05, 0.1) is 17.4 Å². The molecule has 2 saturated carbocycles. The number of aryl methyl sites for hydroxylation is 1. The molecule has 0 saturated heterocycles. The molecule has 0 spiro atoms. The van der Waals surface area contributed by atoms with E-state index >= 15 is 0 Å². The third-order valence-electron chi connectivity index (χ3n) is 5.58. The van der Waals surface area contributed by atoms with Gasteiger partial charge in [0.1, 0.15) is 5.82 Å². The van der Waals surface area contributed by atoms with Gasteiger partial charge in [0, 0.05) is 44.1 Å². The van der Waals surface area contributed by atoms with Crippen LogP contribution in [-0.2, 0) is 7.05 Å². The first-order valence-electron chi connectivity index (χ1n) is 9.54. The molecule has 2 atom stereocenters. The first-order valence-corrected chi connectivity index (χ1v) is 9.54. The normalized spacial score (nSPS) is 24.1. The largest absolute Gasteiger partial charge is 0.319 e. The molecule has 4 rings (SSSR count). The maximum atomic E-state index is 14.2. The lowest BCUT2D eigenvalue weighted by Crippen LogP contribution is -2.38. The molecule has 2 aromatic rings. The van der Waals surface area contributed by atoms with E-state index in [-0.39, 0.29) is 36.4 Å². The summed E-state index contributed by atoms with van der Waals surface area (Å²) in [5.74, 6) is -3.46. The van der Waals surface area contributed by atoms with Crippen molar-refractivity contribution in [2.24, 2.45) is 7.05 Å². The standard InChI is InChI=1S/C20H23F3N4O/c1-27-11-14(10-24-27)26-19(28)16-8-12(2-3-17(16)21)15-9-18(15)25-13-4-6-20(22,23)7-5-13/h2-3,8,10-11,13,15,18,25H,4-7,9H2,1H3,(H,26,28)/t15-,18+/m0/s1. The molecule has 2 aliphatic carbocycles. The molecule has 28 heavy (non-hydrogen) atoms. The number of amides is 1. The Labute approximate surface area is 161 Å². The second kappa shape index (κ2) is 7.24. The number of anilines is 1. The highest BCUT2D eigenvalue weighted by atomic mass is 19.3. The van der Waals surface area contributed by atoms with Gasteiger partial charge < -0.3 is 10.6 Å². The van der Waals surface area contributed by atoms with Crippen LogP contribution in [-0.4, -0.2) is 33.7 Å². The summed E-state index contributed by atoms with van der Waals surface area (Å²) in [7, 11) is 1.73. The van der Waals surface area contributed by atoms with Gasteiger partial charge in [-0.1, -0.05) is 6.07 Å². The molecular formula is C20H23F3N4O. The van der Waals surface area contributed by atoms with Crippen molar-refractivity contribution in [1.29, 1.82) is 0 Å². The molecule has 150 valence electrons. The molecule has 5 nitrogen and oxygen atoms in total. The molecule has 2 fully saturated rings. The number of hydrogen-bond donors (Lipinski definition) is 2. The number of hydrogen-bond acceptors (Lipinski definition) is 3. The first kappa shape index (κ1) is 19.0. The van der Waals surface area contributed by atoms with Gasteiger partial charge in [0.15, 0.2) is 0 Å². The fourth-order valence-corrected chi connectivity index (χ4v) is 3.89. The second-order valence-electron chi connectivity index (χ2n) is 7.84. The number of aromatic nitrogens is 2. The van der Waals surface area contributed by atoms with Crippen LogP contribution < -0.4 is 10.6 Å². The lowest BCUT2D eigenvalue weighted by molar-refractivity contribution is -0.0405. The highest BCUT2D eigenvalue weighted by molar-refractivity contribution is 6.04. The molecule has 8 heteroatoms. The first-order chi connectivity index (χ1) is 13.3. The lowest BCUT2D eigenvalue weighted by Gasteiger charge is -2.29. The van der Waals surface area contributed by atoms with Crippen LogP contribution in [0.2, 0.25) is 0 Å². The summed E-state index contributed by atoms with van der Waals surface area (Å²) in [6, 6.07) is 4.88. The van der Waals surface area contributed by atoms with Gasteiger partial charge in [0.25, 0.3) is 5.91 Å². The van der Waals surface area contributed by atoms with Crippen LogP contribution in [0.25, 0.3) is 0 Å². The van der Waals surface area contributed by atoms with Crippen molar-refractivity contribution in [2.75, 3.05) is 5.32 Å². The smallest absolute Gasteiger partial charge is 0.258 e. The SMILES string of the molecule is Cn1cc(NC(=O)c2cc([C@@H]3C[C@H]3NC3CCC(F)(F)CC3)ccc2F)cn1. The summed E-state index contributed by atoms with van der Waals surface area (Å²) in [6.07, 6.45) is 4.79. The molecule has 2 N–H and O–H groups in total. The van der Waals surface area contributed by atoms with Crippen molar-refractivity contribution < 1.29 is 18.0 Å². The average Bonchev–Trinajstić information content (AvgIpc) is 3.29. The lowest BCUT2D eigenvalue weighted by atomic mass is 9.92. The number of halogens is 3. The summed E-state index contributed by atoms with van der Waals surface area (Å²) >= 11 is 0. The quantitative estimate of drug-likeness (QED) is 0.813. The maximum absolute atomic E-state index is 14.2. The van der Waals surface area contributed by atoms with E-state index in [0.717, 1.165) is 12.0 Å². The van der Waals surface area contributed by atoms with Gasteiger partial charge in [-0.05, 0) is 37.0 Å². The fourth-order valence-electron chi connectivity index (χ4n) is 3.89. The van der Waals surface area contributed by atoms with Crippen molar-refractivity contribution in [3.8, 4) is 0 Å². The fraction of sp³-hybridized carbons (Fsp3) is 0.500. The Bertz CT molecular complexity index is 872. The Kier molecular flexibility index (Phi) is 4.91. The Morgan fingerprint density at radius 2 is 2.04 bits per heavy atom. The second-order valence-corrected chi connectivity index (χ2v) is 7.84. The number of nitrogens with one attached hydrogen (secondary N) is 2. The van der Waals surface area contributed by atoms with Gasteiger partial charge in [-0.3, -0.25) is 9.48 Å². The highest BCUT2D eigenvalue weighted by Crippen LogP contribution is 2.43. The molecule has 0 aliphatic heterocycles. The van der Waals surface area contributed by atoms with Crippen LogP contribution in [0.3, 0.4) is 0 Å². The Balaban J connectivity index is 1.38. The number of benzene rings is 1. The number of nitrogens with zero attached hydrogens (tertiary/aromatic N) is 2. The maximum Gasteiger partial charge on any atom is 0.258 e. The predicted octanol–water partition coefficient (Wildman–Crippen LogP) is 3.83. The minimum absolute atomic E-state index is 0.00990. The van der Waals surface area contributed by atoms with Crippen LogP contribution in [0, 0.1) is 5.82 Å². The Morgan fingerprint density at radius 1 is 1.29 bits per heavy atom. The van der Waals surface area contributed by atoms with Crippen LogP contribution in [0.15, 0.2) is 30.6 Å². The molecule has 1 amide bonds. The number of carbonyl (C=O) groups excluding carboxylic acids is 1. The summed E-state index contributed by atoms with van der Waals surface area (Å²) in [6.45, 7) is 0. The van der Waals surface area contributed by atoms with Crippen LogP contribution >= 0.6 is 0 Å². The molecule has 0 bridgehead atoms. The molecule has 1 aromatic heterocycles. The Morgan fingerprint density at radius 3 is 2.71 bits per heavy atom. The molecule has 2 aliphatic rings. The van der Waals surface area contributed by atoms with Crippen molar-refractivity contribution >= 4 is 11.6 Å². The summed E-state index contributed by atoms with van der Waals surface area (Å²) in [5.41, 5.74) is 1.37. The van der Waals surface area contributed by atoms with E-state index in [0.29, 0.717) is 18.5 Å². The van der Waals surface area contributed by atoms with Crippen LogP contribution in [0.1, 0.15) is 53.9 Å². The highest BCUT2D eigenvalue weighted by Gasteiger charge is 2.42. The van der Waals surface area contributed by atoms with Crippen molar-refractivity contribution in [2.45, 2.75) is 56.0 Å². The van der Waals surface area contributed by atoms with E-state index in [2.05, 4.69) is 15.7 Å². The predicted molar refractivity (Wildman–Crippen MR) is 99.0 cm³/mol. The van der Waals surface area contributed by atoms with E-state index < -0.39 is 17.6 Å². The average molecular weight is 392 g/mol. The van der Waals surface area contributed by atoms with Gasteiger partial charge in [-0.2, -0.15) is 5.10 Å². The topological polar surface area (TPSA) is 59.0 Å². The Hall–Kier alpha value is -2.35. The van der Waals surface area contributed by atoms with E-state index in [1.807, 2.05) is 0 Å². The van der Waals surface area contributed by atoms with Crippen molar-refractivity contribution in [3.63, 3.8) is 0 Å². The third-order valence-corrected chi connectivity index (χ3v) is 5.58. The number of rotatable bonds is 5. The third kappa shape index (κ3) is 4.22. The zero-order chi connectivity index (χ0) is 19.9. The monoisotopic (exact) mass is 392 g/mol. The van der Waals surface area contributed by atoms with E-state index in [1.165, 1.54) is 12.3 Å². The van der Waals surface area contributed by atoms with E-state index in [9.17, 15) is 18.0 Å². The minimum atomic E-state index is -2.53. The van der Waals surface area contributed by atoms with Gasteiger partial charge in [-0.15, -0.1) is 0 Å². The van der Waals surface area contributed by atoms with Gasteiger partial charge in [0.2, 0.25) is 5.92 Å². The van der Waals surface area contributed by atoms with Crippen molar-refractivity contribution in [3.05, 3.63) is 47.5 Å². The molecular weight excluding hydrogens is 369 g/mol. The van der Waals surface area contributed by atoms with E-state index in [1.54, 1.807) is 30.1 Å².